The molecule has 0 spiro atoms. The monoisotopic (exact) mass is 290 g/mol. The van der Waals surface area contributed by atoms with Crippen LogP contribution in [0.25, 0.3) is 11.0 Å². The first-order valence-electron chi connectivity index (χ1n) is 7.11. The number of H-pyrrole nitrogens is 1. The number of carbonyl (C=O) groups is 1. The number of urea groups is 1. The van der Waals surface area contributed by atoms with E-state index in [9.17, 15) is 9.90 Å². The lowest BCUT2D eigenvalue weighted by molar-refractivity contribution is 0.162. The Hall–Kier alpha value is -2.08. The molecule has 0 aliphatic rings. The van der Waals surface area contributed by atoms with E-state index in [0.29, 0.717) is 13.0 Å². The molecule has 2 rings (SSSR count). The number of hydrogen-bond acceptors (Lipinski definition) is 3. The van der Waals surface area contributed by atoms with E-state index in [-0.39, 0.29) is 12.1 Å². The molecule has 1 aromatic carbocycles. The highest BCUT2D eigenvalue weighted by molar-refractivity contribution is 5.76. The lowest BCUT2D eigenvalue weighted by atomic mass is 10.3. The zero-order chi connectivity index (χ0) is 15.4. The van der Waals surface area contributed by atoms with Gasteiger partial charge in [0.1, 0.15) is 5.82 Å². The number of aliphatic hydroxyl groups is 1. The highest BCUT2D eigenvalue weighted by Crippen LogP contribution is 2.15. The predicted octanol–water partition coefficient (Wildman–Crippen LogP) is 2.04. The van der Waals surface area contributed by atoms with Crippen LogP contribution < -0.4 is 5.32 Å². The van der Waals surface area contributed by atoms with Gasteiger partial charge in [-0.05, 0) is 32.4 Å². The molecular formula is C15H22N4O2. The molecular weight excluding hydrogens is 268 g/mol. The summed E-state index contributed by atoms with van der Waals surface area (Å²) in [6.45, 7) is 4.11. The van der Waals surface area contributed by atoms with E-state index < -0.39 is 6.10 Å². The Morgan fingerprint density at radius 2 is 2.14 bits per heavy atom. The van der Waals surface area contributed by atoms with E-state index in [4.69, 9.17) is 0 Å². The Labute approximate surface area is 124 Å². The van der Waals surface area contributed by atoms with Crippen molar-refractivity contribution in [3.05, 3.63) is 30.1 Å². The van der Waals surface area contributed by atoms with Crippen LogP contribution in [-0.2, 0) is 0 Å². The van der Waals surface area contributed by atoms with Gasteiger partial charge in [0.05, 0.1) is 23.2 Å². The Balaban J connectivity index is 1.96. The summed E-state index contributed by atoms with van der Waals surface area (Å²) in [5.41, 5.74) is 1.84. The van der Waals surface area contributed by atoms with E-state index >= 15 is 0 Å². The number of para-hydroxylation sites is 2. The van der Waals surface area contributed by atoms with E-state index in [2.05, 4.69) is 15.3 Å². The molecule has 6 heteroatoms. The number of benzene rings is 1. The predicted molar refractivity (Wildman–Crippen MR) is 82.0 cm³/mol. The van der Waals surface area contributed by atoms with E-state index in [1.165, 1.54) is 0 Å². The molecule has 3 N–H and O–H groups in total. The average molecular weight is 290 g/mol. The summed E-state index contributed by atoms with van der Waals surface area (Å²) in [5, 5.41) is 12.1. The Morgan fingerprint density at radius 3 is 2.81 bits per heavy atom. The van der Waals surface area contributed by atoms with Crippen LogP contribution in [0.2, 0.25) is 0 Å². The minimum Gasteiger partial charge on any atom is -0.393 e. The summed E-state index contributed by atoms with van der Waals surface area (Å²) in [4.78, 5) is 21.3. The maximum Gasteiger partial charge on any atom is 0.317 e. The molecule has 21 heavy (non-hydrogen) atoms. The van der Waals surface area contributed by atoms with Gasteiger partial charge in [-0.3, -0.25) is 0 Å². The van der Waals surface area contributed by atoms with Gasteiger partial charge in [-0.1, -0.05) is 12.1 Å². The minimum absolute atomic E-state index is 0.177. The standard InChI is InChI=1S/C15H22N4O2/c1-10(20)8-9-19(3)15(21)16-11(2)14-17-12-6-4-5-7-13(12)18-14/h4-7,10-11,20H,8-9H2,1-3H3,(H,16,21)(H,17,18). The number of aromatic amines is 1. The molecule has 2 atom stereocenters. The fraction of sp³-hybridized carbons (Fsp3) is 0.467. The average Bonchev–Trinajstić information content (AvgIpc) is 2.88. The largest absolute Gasteiger partial charge is 0.393 e. The van der Waals surface area contributed by atoms with Crippen molar-refractivity contribution in [3.8, 4) is 0 Å². The van der Waals surface area contributed by atoms with Gasteiger partial charge in [-0.2, -0.15) is 0 Å². The van der Waals surface area contributed by atoms with Gasteiger partial charge in [0.15, 0.2) is 0 Å². The van der Waals surface area contributed by atoms with E-state index in [1.54, 1.807) is 18.9 Å². The summed E-state index contributed by atoms with van der Waals surface area (Å²) in [6, 6.07) is 7.37. The Bertz CT molecular complexity index is 575. The molecule has 0 bridgehead atoms. The van der Waals surface area contributed by atoms with Gasteiger partial charge in [-0.15, -0.1) is 0 Å². The molecule has 2 aromatic rings. The van der Waals surface area contributed by atoms with Gasteiger partial charge in [0.25, 0.3) is 0 Å². The number of fused-ring (bicyclic) bond motifs is 1. The molecule has 0 saturated heterocycles. The highest BCUT2D eigenvalue weighted by atomic mass is 16.3. The fourth-order valence-corrected chi connectivity index (χ4v) is 2.02. The first kappa shape index (κ1) is 15.3. The topological polar surface area (TPSA) is 81.2 Å². The van der Waals surface area contributed by atoms with Crippen molar-refractivity contribution in [3.63, 3.8) is 0 Å². The summed E-state index contributed by atoms with van der Waals surface area (Å²) < 4.78 is 0. The van der Waals surface area contributed by atoms with Gasteiger partial charge >= 0.3 is 6.03 Å². The lowest BCUT2D eigenvalue weighted by Gasteiger charge is -2.21. The summed E-state index contributed by atoms with van der Waals surface area (Å²) >= 11 is 0. The van der Waals surface area contributed by atoms with Crippen molar-refractivity contribution in [2.24, 2.45) is 0 Å². The van der Waals surface area contributed by atoms with Crippen LogP contribution in [0.3, 0.4) is 0 Å². The second kappa shape index (κ2) is 6.58. The van der Waals surface area contributed by atoms with Crippen molar-refractivity contribution >= 4 is 17.1 Å². The number of imidazole rings is 1. The lowest BCUT2D eigenvalue weighted by Crippen LogP contribution is -2.39. The van der Waals surface area contributed by atoms with Crippen LogP contribution in [0.15, 0.2) is 24.3 Å². The van der Waals surface area contributed by atoms with Crippen molar-refractivity contribution in [2.45, 2.75) is 32.4 Å². The molecule has 2 unspecified atom stereocenters. The molecule has 0 aliphatic heterocycles. The van der Waals surface area contributed by atoms with Gasteiger partial charge < -0.3 is 20.3 Å². The van der Waals surface area contributed by atoms with Crippen LogP contribution in [-0.4, -0.2) is 45.7 Å². The zero-order valence-electron chi connectivity index (χ0n) is 12.6. The molecule has 2 amide bonds. The highest BCUT2D eigenvalue weighted by Gasteiger charge is 2.16. The first-order chi connectivity index (χ1) is 9.97. The van der Waals surface area contributed by atoms with Crippen LogP contribution >= 0.6 is 0 Å². The van der Waals surface area contributed by atoms with Crippen molar-refractivity contribution in [1.82, 2.24) is 20.2 Å². The van der Waals surface area contributed by atoms with Crippen molar-refractivity contribution in [2.75, 3.05) is 13.6 Å². The van der Waals surface area contributed by atoms with E-state index in [1.807, 2.05) is 31.2 Å². The second-order valence-electron chi connectivity index (χ2n) is 5.37. The minimum atomic E-state index is -0.409. The number of rotatable bonds is 5. The molecule has 0 aliphatic carbocycles. The van der Waals surface area contributed by atoms with Gasteiger partial charge in [0.2, 0.25) is 0 Å². The second-order valence-corrected chi connectivity index (χ2v) is 5.37. The number of aromatic nitrogens is 2. The number of aliphatic hydroxyl groups excluding tert-OH is 1. The zero-order valence-corrected chi connectivity index (χ0v) is 12.6. The third kappa shape index (κ3) is 3.95. The Kier molecular flexibility index (Phi) is 4.80. The van der Waals surface area contributed by atoms with Crippen molar-refractivity contribution in [1.29, 1.82) is 0 Å². The molecule has 0 radical (unpaired) electrons. The number of hydrogen-bond donors (Lipinski definition) is 3. The molecule has 0 saturated carbocycles. The fourth-order valence-electron chi connectivity index (χ4n) is 2.02. The normalized spacial score (nSPS) is 13.9. The third-order valence-corrected chi connectivity index (χ3v) is 3.39. The van der Waals surface area contributed by atoms with Gasteiger partial charge in [-0.25, -0.2) is 9.78 Å². The molecule has 6 nitrogen and oxygen atoms in total. The SMILES string of the molecule is CC(O)CCN(C)C(=O)NC(C)c1nc2ccccc2[nH]1. The van der Waals surface area contributed by atoms with Crippen LogP contribution in [0.1, 0.15) is 32.1 Å². The van der Waals surface area contributed by atoms with Crippen LogP contribution in [0.4, 0.5) is 4.79 Å². The smallest absolute Gasteiger partial charge is 0.317 e. The number of carbonyl (C=O) groups excluding carboxylic acids is 1. The summed E-state index contributed by atoms with van der Waals surface area (Å²) in [7, 11) is 1.71. The number of nitrogens with one attached hydrogen (secondary N) is 2. The number of nitrogens with zero attached hydrogens (tertiary/aromatic N) is 2. The maximum atomic E-state index is 12.0. The van der Waals surface area contributed by atoms with Crippen LogP contribution in [0, 0.1) is 0 Å². The van der Waals surface area contributed by atoms with E-state index in [0.717, 1.165) is 16.9 Å². The molecule has 1 aromatic heterocycles. The van der Waals surface area contributed by atoms with Crippen molar-refractivity contribution < 1.29 is 9.90 Å². The quantitative estimate of drug-likeness (QED) is 0.788. The summed E-state index contributed by atoms with van der Waals surface area (Å²) in [6.07, 6.45) is 0.149. The van der Waals surface area contributed by atoms with Gasteiger partial charge in [0, 0.05) is 13.6 Å². The van der Waals surface area contributed by atoms with Crippen LogP contribution in [0.5, 0.6) is 0 Å². The summed E-state index contributed by atoms with van der Waals surface area (Å²) in [5.74, 6) is 0.730. The molecule has 0 fully saturated rings. The Morgan fingerprint density at radius 1 is 1.43 bits per heavy atom. The molecule has 114 valence electrons. The number of amides is 2. The third-order valence-electron chi connectivity index (χ3n) is 3.39. The first-order valence-corrected chi connectivity index (χ1v) is 7.11. The maximum absolute atomic E-state index is 12.0. The molecule has 1 heterocycles.